The first-order valence-corrected chi connectivity index (χ1v) is 5.33. The Morgan fingerprint density at radius 2 is 1.44 bits per heavy atom. The van der Waals surface area contributed by atoms with Gasteiger partial charge in [0.05, 0.1) is 0 Å². The molecule has 0 atom stereocenters. The number of piperidine rings is 1. The zero-order valence-electron chi connectivity index (χ0n) is 12.6. The van der Waals surface area contributed by atoms with Crippen LogP contribution in [0.2, 0.25) is 0 Å². The fourth-order valence-electron chi connectivity index (χ4n) is 0.804. The molecule has 0 aromatic heterocycles. The summed E-state index contributed by atoms with van der Waals surface area (Å²) < 4.78 is 0. The molecule has 0 unspecified atom stereocenters. The van der Waals surface area contributed by atoms with E-state index < -0.39 is 0 Å². The van der Waals surface area contributed by atoms with E-state index in [1.165, 1.54) is 12.8 Å². The molecule has 1 rings (SSSR count). The normalized spacial score (nSPS) is 14.8. The van der Waals surface area contributed by atoms with Gasteiger partial charge in [0.15, 0.2) is 0 Å². The van der Waals surface area contributed by atoms with Crippen molar-refractivity contribution in [3.05, 3.63) is 26.6 Å². The van der Waals surface area contributed by atoms with Gasteiger partial charge in [0, 0.05) is 31.1 Å². The molecular weight excluding hydrogens is 657 g/mol. The van der Waals surface area contributed by atoms with Crippen molar-refractivity contribution >= 4 is 0 Å². The maximum atomic E-state index is 4.19. The zero-order chi connectivity index (χ0) is 11.2. The SMILES string of the molecule is [CH2-]C(C)(C)N(C)C.[CH2-]C1CC[N-]CC1.[CH3-].[U].[V+2].[W+2]. The van der Waals surface area contributed by atoms with Crippen molar-refractivity contribution in [1.82, 2.24) is 4.90 Å². The Bertz CT molecular complexity index is 146. The van der Waals surface area contributed by atoms with Crippen LogP contribution in [0.3, 0.4) is 0 Å². The summed E-state index contributed by atoms with van der Waals surface area (Å²) in [5, 5.41) is 4.19. The third-order valence-electron chi connectivity index (χ3n) is 2.60. The monoisotopic (exact) mass is 685 g/mol. The van der Waals surface area contributed by atoms with Gasteiger partial charge in [0.25, 0.3) is 0 Å². The fourth-order valence-corrected chi connectivity index (χ4v) is 0.804. The molecule has 0 N–H and O–H groups in total. The van der Waals surface area contributed by atoms with Crippen molar-refractivity contribution in [1.29, 1.82) is 0 Å². The number of hydrogen-bond donors (Lipinski definition) is 0. The predicted molar refractivity (Wildman–Crippen MR) is 70.7 cm³/mol. The molecule has 1 aliphatic rings. The van der Waals surface area contributed by atoms with Crippen molar-refractivity contribution in [3.8, 4) is 0 Å². The summed E-state index contributed by atoms with van der Waals surface area (Å²) in [5.41, 5.74) is 0.0833. The second-order valence-electron chi connectivity index (χ2n) is 4.82. The third kappa shape index (κ3) is 20.6. The van der Waals surface area contributed by atoms with E-state index in [9.17, 15) is 0 Å². The first-order valence-electron chi connectivity index (χ1n) is 5.33. The van der Waals surface area contributed by atoms with Crippen LogP contribution >= 0.6 is 0 Å². The Morgan fingerprint density at radius 3 is 1.56 bits per heavy atom. The fraction of sp³-hybridized carbons (Fsp3) is 0.769. The summed E-state index contributed by atoms with van der Waals surface area (Å²) in [6.45, 7) is 14.1. The summed E-state index contributed by atoms with van der Waals surface area (Å²) >= 11 is 0. The van der Waals surface area contributed by atoms with Crippen LogP contribution in [-0.4, -0.2) is 37.6 Å². The van der Waals surface area contributed by atoms with Crippen molar-refractivity contribution in [2.45, 2.75) is 32.2 Å². The molecule has 1 saturated heterocycles. The van der Waals surface area contributed by atoms with E-state index in [4.69, 9.17) is 0 Å². The maximum absolute atomic E-state index is 4.19. The Kier molecular flexibility index (Phi) is 31.0. The van der Waals surface area contributed by atoms with Crippen molar-refractivity contribution < 1.29 is 70.7 Å². The van der Waals surface area contributed by atoms with Gasteiger partial charge >= 0.3 is 39.6 Å². The van der Waals surface area contributed by atoms with Crippen LogP contribution in [-0.2, 0) is 39.6 Å². The molecule has 1 heterocycles. The van der Waals surface area contributed by atoms with Crippen LogP contribution in [0.25, 0.3) is 5.32 Å². The van der Waals surface area contributed by atoms with Gasteiger partial charge in [-0.3, -0.25) is 0 Å². The van der Waals surface area contributed by atoms with E-state index in [1.54, 1.807) is 0 Å². The molecule has 0 bridgehead atoms. The van der Waals surface area contributed by atoms with Gasteiger partial charge in [-0.05, 0) is 14.1 Å². The molecule has 0 spiro atoms. The largest absolute Gasteiger partial charge is 2.00 e. The second kappa shape index (κ2) is 17.3. The quantitative estimate of drug-likeness (QED) is 0.388. The molecule has 5 heteroatoms. The molecule has 0 saturated carbocycles. The molecule has 18 heavy (non-hydrogen) atoms. The van der Waals surface area contributed by atoms with Crippen LogP contribution in [0.1, 0.15) is 26.7 Å². The van der Waals surface area contributed by atoms with Crippen LogP contribution in [0.15, 0.2) is 0 Å². The van der Waals surface area contributed by atoms with Gasteiger partial charge in [-0.2, -0.15) is 19.0 Å². The van der Waals surface area contributed by atoms with E-state index in [1.807, 2.05) is 14.1 Å². The number of nitrogens with zero attached hydrogens (tertiary/aromatic N) is 2. The van der Waals surface area contributed by atoms with Gasteiger partial charge in [-0.15, -0.1) is 5.54 Å². The van der Waals surface area contributed by atoms with E-state index in [0.29, 0.717) is 5.92 Å². The molecule has 2 nitrogen and oxygen atoms in total. The van der Waals surface area contributed by atoms with Gasteiger partial charge in [-0.1, -0.05) is 26.7 Å². The predicted octanol–water partition coefficient (Wildman–Crippen LogP) is 3.21. The minimum absolute atomic E-state index is 0. The molecule has 0 aromatic rings. The summed E-state index contributed by atoms with van der Waals surface area (Å²) in [6, 6.07) is 0. The molecule has 105 valence electrons. The van der Waals surface area contributed by atoms with Crippen LogP contribution in [0, 0.1) is 58.3 Å². The number of hydrogen-bond acceptors (Lipinski definition) is 1. The summed E-state index contributed by atoms with van der Waals surface area (Å²) in [7, 11) is 4.04. The number of rotatable bonds is 1. The first-order chi connectivity index (χ1) is 6.34. The van der Waals surface area contributed by atoms with E-state index in [2.05, 4.69) is 37.9 Å². The van der Waals surface area contributed by atoms with Crippen LogP contribution < -0.4 is 0 Å². The maximum Gasteiger partial charge on any atom is 2.00 e. The van der Waals surface area contributed by atoms with E-state index in [0.717, 1.165) is 13.1 Å². The Labute approximate surface area is 166 Å². The van der Waals surface area contributed by atoms with Gasteiger partial charge in [0.1, 0.15) is 0 Å². The van der Waals surface area contributed by atoms with Crippen molar-refractivity contribution in [2.75, 3.05) is 27.2 Å². The standard InChI is InChI=1S/C6H11N.C6H14N.CH3.U.V.W/c1-6-2-4-7-5-3-6;1-6(2,3)7(4)5;;;;/h6H,1-5H2;1H2,2-5H3;1H3;;;/q-2;2*-1;;2*+2. The molecule has 1 radical (unpaired) electrons. The average molecular weight is 685 g/mol. The first kappa shape index (κ1) is 32.3. The van der Waals surface area contributed by atoms with Crippen LogP contribution in [0.4, 0.5) is 0 Å². The van der Waals surface area contributed by atoms with Crippen molar-refractivity contribution in [2.24, 2.45) is 5.92 Å². The zero-order valence-corrected chi connectivity index (χ0v) is 21.1. The second-order valence-corrected chi connectivity index (χ2v) is 4.82. The smallest absolute Gasteiger partial charge is 0.662 e. The van der Waals surface area contributed by atoms with Gasteiger partial charge < -0.3 is 31.5 Å². The van der Waals surface area contributed by atoms with Crippen molar-refractivity contribution in [3.63, 3.8) is 0 Å². The molecule has 0 aliphatic carbocycles. The van der Waals surface area contributed by atoms with Crippen LogP contribution in [0.5, 0.6) is 0 Å². The molecular formula is C13H28N2UVW. The molecule has 0 aromatic carbocycles. The Hall–Kier alpha value is 2.24. The summed E-state index contributed by atoms with van der Waals surface area (Å²) in [4.78, 5) is 2.08. The summed E-state index contributed by atoms with van der Waals surface area (Å²) in [6.07, 6.45) is 2.42. The minimum atomic E-state index is 0. The molecule has 0 amide bonds. The van der Waals surface area contributed by atoms with Gasteiger partial charge in [-0.25, -0.2) is 0 Å². The Balaban J connectivity index is -0.0000000512. The topological polar surface area (TPSA) is 17.3 Å². The third-order valence-corrected chi connectivity index (χ3v) is 2.60. The van der Waals surface area contributed by atoms with E-state index >= 15 is 0 Å². The average Bonchev–Trinajstić information content (AvgIpc) is 2.04. The summed E-state index contributed by atoms with van der Waals surface area (Å²) in [5.74, 6) is 0.692. The molecule has 1 fully saturated rings. The van der Waals surface area contributed by atoms with E-state index in [-0.39, 0.29) is 83.7 Å². The van der Waals surface area contributed by atoms with Gasteiger partial charge in [0.2, 0.25) is 0 Å². The minimum Gasteiger partial charge on any atom is -0.662 e. The Morgan fingerprint density at radius 1 is 1.17 bits per heavy atom. The molecule has 1 aliphatic heterocycles.